The zero-order valence-corrected chi connectivity index (χ0v) is 16.0. The fourth-order valence-corrected chi connectivity index (χ4v) is 5.58. The molecule has 0 aliphatic rings. The van der Waals surface area contributed by atoms with Gasteiger partial charge < -0.3 is 19.0 Å². The average molecular weight is 350 g/mol. The first-order valence-corrected chi connectivity index (χ1v) is 10.7. The minimum Gasteiger partial charge on any atom is -0.394 e. The number of pyridine rings is 1. The van der Waals surface area contributed by atoms with Crippen LogP contribution in [0, 0.1) is 0 Å². The van der Waals surface area contributed by atoms with Gasteiger partial charge in [0.15, 0.2) is 6.20 Å². The van der Waals surface area contributed by atoms with Crippen molar-refractivity contribution in [2.75, 3.05) is 25.6 Å². The van der Waals surface area contributed by atoms with Crippen LogP contribution in [0.4, 0.5) is 5.69 Å². The molecule has 0 saturated heterocycles. The molecule has 0 amide bonds. The summed E-state index contributed by atoms with van der Waals surface area (Å²) in [6, 6.07) is 11.1. The summed E-state index contributed by atoms with van der Waals surface area (Å²) in [5, 5.41) is 1.15. The van der Waals surface area contributed by atoms with Crippen molar-refractivity contribution in [3.05, 3.63) is 36.5 Å². The second-order valence-electron chi connectivity index (χ2n) is 5.61. The second kappa shape index (κ2) is 9.13. The van der Waals surface area contributed by atoms with E-state index in [1.807, 2.05) is 39.1 Å². The summed E-state index contributed by atoms with van der Waals surface area (Å²) in [6.45, 7) is 8.65. The molecule has 0 fully saturated rings. The van der Waals surface area contributed by atoms with Gasteiger partial charge in [0.25, 0.3) is 0 Å². The number of nitrogens with two attached hydrogens (primary N) is 1. The van der Waals surface area contributed by atoms with Gasteiger partial charge in [-0.2, -0.15) is 4.57 Å². The summed E-state index contributed by atoms with van der Waals surface area (Å²) in [5.41, 5.74) is 8.00. The maximum atomic E-state index is 6.04. The number of nitrogen functional groups attached to an aromatic ring is 1. The number of anilines is 1. The van der Waals surface area contributed by atoms with Gasteiger partial charge in [-0.25, -0.2) is 0 Å². The predicted molar refractivity (Wildman–Crippen MR) is 98.6 cm³/mol. The van der Waals surface area contributed by atoms with Crippen LogP contribution in [0.2, 0.25) is 6.04 Å². The molecule has 2 aromatic rings. The zero-order valence-electron chi connectivity index (χ0n) is 15.0. The molecule has 6 heteroatoms. The van der Waals surface area contributed by atoms with Crippen molar-refractivity contribution in [1.82, 2.24) is 0 Å². The first-order valence-electron chi connectivity index (χ1n) is 8.73. The number of hydrogen-bond donors (Lipinski definition) is 1. The molecule has 0 saturated carbocycles. The molecule has 0 aliphatic heterocycles. The van der Waals surface area contributed by atoms with Crippen LogP contribution in [-0.4, -0.2) is 28.6 Å². The topological polar surface area (TPSA) is 57.6 Å². The van der Waals surface area contributed by atoms with Gasteiger partial charge in [-0.05, 0) is 32.9 Å². The first kappa shape index (κ1) is 18.9. The number of aromatic nitrogens is 1. The molecular formula is C18H29N2O3Si+. The fourth-order valence-electron chi connectivity index (χ4n) is 2.99. The van der Waals surface area contributed by atoms with Crippen LogP contribution in [0.3, 0.4) is 0 Å². The van der Waals surface area contributed by atoms with Gasteiger partial charge in [0.2, 0.25) is 5.52 Å². The summed E-state index contributed by atoms with van der Waals surface area (Å²) >= 11 is 0. The molecule has 0 bridgehead atoms. The predicted octanol–water partition coefficient (Wildman–Crippen LogP) is 3.15. The maximum absolute atomic E-state index is 6.04. The van der Waals surface area contributed by atoms with E-state index in [2.05, 4.69) is 22.8 Å². The van der Waals surface area contributed by atoms with Crippen molar-refractivity contribution in [2.45, 2.75) is 39.8 Å². The van der Waals surface area contributed by atoms with E-state index in [-0.39, 0.29) is 0 Å². The smallest absolute Gasteiger partial charge is 0.394 e. The summed E-state index contributed by atoms with van der Waals surface area (Å²) in [4.78, 5) is 0. The van der Waals surface area contributed by atoms with Gasteiger partial charge in [0.05, 0.1) is 5.69 Å². The van der Waals surface area contributed by atoms with Crippen molar-refractivity contribution in [1.29, 1.82) is 0 Å². The molecule has 1 heterocycles. The zero-order chi connectivity index (χ0) is 17.4. The van der Waals surface area contributed by atoms with Crippen LogP contribution in [0.1, 0.15) is 27.2 Å². The molecule has 132 valence electrons. The lowest BCUT2D eigenvalue weighted by Crippen LogP contribution is -2.47. The van der Waals surface area contributed by atoms with Gasteiger partial charge in [0, 0.05) is 43.7 Å². The van der Waals surface area contributed by atoms with E-state index in [1.165, 1.54) is 5.52 Å². The largest absolute Gasteiger partial charge is 0.501 e. The second-order valence-corrected chi connectivity index (χ2v) is 8.34. The van der Waals surface area contributed by atoms with Gasteiger partial charge in [-0.3, -0.25) is 0 Å². The summed E-state index contributed by atoms with van der Waals surface area (Å²) in [6.07, 6.45) is 2.91. The molecule has 1 aromatic heterocycles. The van der Waals surface area contributed by atoms with E-state index in [4.69, 9.17) is 19.0 Å². The standard InChI is InChI=1S/C18H29N2O3Si/c1-4-21-24(22-5-2,23-6-3)13-9-12-20-15-17(19)14-16-10-7-8-11-18(16)20/h7-8,10-11,14-15H,4-6,9,12-13,19H2,1-3H3/q+1. The normalized spacial score (nSPS) is 12.0. The number of fused-ring (bicyclic) bond motifs is 1. The average Bonchev–Trinajstić information content (AvgIpc) is 2.55. The third kappa shape index (κ3) is 4.77. The summed E-state index contributed by atoms with van der Waals surface area (Å²) in [7, 11) is -2.58. The quantitative estimate of drug-likeness (QED) is 0.529. The van der Waals surface area contributed by atoms with E-state index in [0.29, 0.717) is 19.8 Å². The van der Waals surface area contributed by atoms with Crippen molar-refractivity contribution in [3.8, 4) is 0 Å². The molecule has 0 spiro atoms. The Morgan fingerprint density at radius 1 is 1.00 bits per heavy atom. The van der Waals surface area contributed by atoms with E-state index < -0.39 is 8.80 Å². The molecule has 1 aromatic carbocycles. The highest BCUT2D eigenvalue weighted by atomic mass is 28.4. The molecule has 2 rings (SSSR count). The van der Waals surface area contributed by atoms with Gasteiger partial charge in [-0.15, -0.1) is 0 Å². The molecule has 2 N–H and O–H groups in total. The van der Waals surface area contributed by atoms with Crippen LogP contribution in [-0.2, 0) is 19.8 Å². The Kier molecular flexibility index (Phi) is 7.17. The lowest BCUT2D eigenvalue weighted by atomic mass is 10.2. The summed E-state index contributed by atoms with van der Waals surface area (Å²) < 4.78 is 20.0. The van der Waals surface area contributed by atoms with Gasteiger partial charge in [0.1, 0.15) is 6.54 Å². The van der Waals surface area contributed by atoms with E-state index in [0.717, 1.165) is 30.1 Å². The van der Waals surface area contributed by atoms with Crippen LogP contribution in [0.25, 0.3) is 10.9 Å². The monoisotopic (exact) mass is 349 g/mol. The Morgan fingerprint density at radius 2 is 1.62 bits per heavy atom. The number of benzene rings is 1. The third-order valence-electron chi connectivity index (χ3n) is 3.85. The highest BCUT2D eigenvalue weighted by Gasteiger charge is 2.40. The van der Waals surface area contributed by atoms with Gasteiger partial charge >= 0.3 is 8.80 Å². The third-order valence-corrected chi connectivity index (χ3v) is 7.00. The van der Waals surface area contributed by atoms with Gasteiger partial charge in [-0.1, -0.05) is 12.1 Å². The van der Waals surface area contributed by atoms with Crippen LogP contribution in [0.5, 0.6) is 0 Å². The minimum atomic E-state index is -2.58. The highest BCUT2D eigenvalue weighted by molar-refractivity contribution is 6.60. The summed E-state index contributed by atoms with van der Waals surface area (Å²) in [5.74, 6) is 0. The Labute approximate surface area is 145 Å². The first-order chi connectivity index (χ1) is 11.6. The number of para-hydroxylation sites is 1. The van der Waals surface area contributed by atoms with Crippen LogP contribution in [0.15, 0.2) is 36.5 Å². The number of hydrogen-bond acceptors (Lipinski definition) is 4. The molecule has 24 heavy (non-hydrogen) atoms. The van der Waals surface area contributed by atoms with E-state index in [1.54, 1.807) is 0 Å². The van der Waals surface area contributed by atoms with Crippen LogP contribution < -0.4 is 10.3 Å². The van der Waals surface area contributed by atoms with Crippen LogP contribution >= 0.6 is 0 Å². The molecule has 0 atom stereocenters. The van der Waals surface area contributed by atoms with Crippen molar-refractivity contribution in [3.63, 3.8) is 0 Å². The number of nitrogens with zero attached hydrogens (tertiary/aromatic N) is 1. The Hall–Kier alpha value is -1.47. The van der Waals surface area contributed by atoms with Crippen molar-refractivity contribution >= 4 is 25.4 Å². The SMILES string of the molecule is CCO[Si](CCC[n+]1cc(N)cc2ccccc21)(OCC)OCC. The highest BCUT2D eigenvalue weighted by Crippen LogP contribution is 2.19. The lowest BCUT2D eigenvalue weighted by Gasteiger charge is -2.28. The number of rotatable bonds is 10. The number of aryl methyl sites for hydroxylation is 1. The molecule has 0 unspecified atom stereocenters. The molecule has 5 nitrogen and oxygen atoms in total. The molecular weight excluding hydrogens is 320 g/mol. The van der Waals surface area contributed by atoms with E-state index >= 15 is 0 Å². The maximum Gasteiger partial charge on any atom is 0.501 e. The van der Waals surface area contributed by atoms with E-state index in [9.17, 15) is 0 Å². The van der Waals surface area contributed by atoms with Crippen molar-refractivity contribution < 1.29 is 17.8 Å². The molecule has 0 radical (unpaired) electrons. The lowest BCUT2D eigenvalue weighted by molar-refractivity contribution is -0.670. The van der Waals surface area contributed by atoms with Crippen molar-refractivity contribution in [2.24, 2.45) is 0 Å². The molecule has 0 aliphatic carbocycles. The Balaban J connectivity index is 2.11. The Bertz CT molecular complexity index is 634. The Morgan fingerprint density at radius 3 is 2.25 bits per heavy atom. The fraction of sp³-hybridized carbons (Fsp3) is 0.500. The minimum absolute atomic E-state index is 0.612.